The van der Waals surface area contributed by atoms with Crippen LogP contribution in [0.3, 0.4) is 0 Å². The summed E-state index contributed by atoms with van der Waals surface area (Å²) in [6, 6.07) is 8.73. The Morgan fingerprint density at radius 3 is 2.81 bits per heavy atom. The third kappa shape index (κ3) is 2.18. The Kier molecular flexibility index (Phi) is 3.02. The van der Waals surface area contributed by atoms with Crippen LogP contribution in [0.2, 0.25) is 0 Å². The molecule has 0 aliphatic rings. The van der Waals surface area contributed by atoms with Crippen LogP contribution in [0, 0.1) is 5.82 Å². The fraction of sp³-hybridized carbons (Fsp3) is 0.0714. The van der Waals surface area contributed by atoms with Crippen molar-refractivity contribution in [2.24, 2.45) is 0 Å². The quantitative estimate of drug-likeness (QED) is 0.799. The molecule has 0 aliphatic carbocycles. The molecule has 3 rings (SSSR count). The second-order valence-electron chi connectivity index (χ2n) is 4.33. The van der Waals surface area contributed by atoms with Crippen molar-refractivity contribution in [1.29, 1.82) is 0 Å². The minimum absolute atomic E-state index is 0.0746. The van der Waals surface area contributed by atoms with Gasteiger partial charge in [0, 0.05) is 6.07 Å². The van der Waals surface area contributed by atoms with Crippen molar-refractivity contribution >= 4 is 17.0 Å². The van der Waals surface area contributed by atoms with Gasteiger partial charge in [-0.1, -0.05) is 5.21 Å². The van der Waals surface area contributed by atoms with E-state index in [1.54, 1.807) is 6.07 Å². The summed E-state index contributed by atoms with van der Waals surface area (Å²) in [7, 11) is 1.37. The van der Waals surface area contributed by atoms with Crippen LogP contribution in [0.4, 0.5) is 4.39 Å². The van der Waals surface area contributed by atoms with E-state index in [0.717, 1.165) is 0 Å². The summed E-state index contributed by atoms with van der Waals surface area (Å²) in [4.78, 5) is 11.0. The van der Waals surface area contributed by atoms with Crippen LogP contribution < -0.4 is 4.74 Å². The van der Waals surface area contributed by atoms with E-state index in [1.807, 2.05) is 0 Å². The van der Waals surface area contributed by atoms with Crippen molar-refractivity contribution in [1.82, 2.24) is 15.0 Å². The van der Waals surface area contributed by atoms with Gasteiger partial charge in [-0.05, 0) is 30.3 Å². The highest BCUT2D eigenvalue weighted by Crippen LogP contribution is 2.23. The summed E-state index contributed by atoms with van der Waals surface area (Å²) in [5.74, 6) is -1.45. The summed E-state index contributed by atoms with van der Waals surface area (Å²) in [6.45, 7) is 0. The fourth-order valence-corrected chi connectivity index (χ4v) is 2.02. The minimum atomic E-state index is -1.04. The number of aromatic carboxylic acids is 1. The zero-order valence-electron chi connectivity index (χ0n) is 10.9. The normalized spacial score (nSPS) is 10.8. The summed E-state index contributed by atoms with van der Waals surface area (Å²) < 4.78 is 19.8. The molecule has 106 valence electrons. The molecule has 0 saturated carbocycles. The molecule has 0 fully saturated rings. The second kappa shape index (κ2) is 4.86. The Bertz CT molecular complexity index is 845. The van der Waals surface area contributed by atoms with Crippen molar-refractivity contribution in [3.8, 4) is 11.4 Å². The Balaban J connectivity index is 2.20. The van der Waals surface area contributed by atoms with Gasteiger partial charge in [-0.3, -0.25) is 0 Å². The molecule has 21 heavy (non-hydrogen) atoms. The first kappa shape index (κ1) is 13.0. The van der Waals surface area contributed by atoms with Crippen molar-refractivity contribution in [3.63, 3.8) is 0 Å². The molecule has 1 N–H and O–H groups in total. The second-order valence-corrected chi connectivity index (χ2v) is 4.33. The molecule has 0 amide bonds. The van der Waals surface area contributed by atoms with E-state index in [-0.39, 0.29) is 11.3 Å². The highest BCUT2D eigenvalue weighted by molar-refractivity contribution is 5.92. The Hall–Kier alpha value is -2.96. The first-order valence-electron chi connectivity index (χ1n) is 6.03. The lowest BCUT2D eigenvalue weighted by Crippen LogP contribution is -2.00. The minimum Gasteiger partial charge on any atom is -0.494 e. The molecular weight excluding hydrogens is 277 g/mol. The lowest BCUT2D eigenvalue weighted by atomic mass is 10.2. The molecule has 0 bridgehead atoms. The first-order valence-corrected chi connectivity index (χ1v) is 6.03. The van der Waals surface area contributed by atoms with E-state index in [9.17, 15) is 9.18 Å². The van der Waals surface area contributed by atoms with Gasteiger partial charge >= 0.3 is 5.97 Å². The molecule has 2 aromatic carbocycles. The topological polar surface area (TPSA) is 77.2 Å². The highest BCUT2D eigenvalue weighted by Gasteiger charge is 2.12. The maximum atomic E-state index is 13.4. The van der Waals surface area contributed by atoms with E-state index in [0.29, 0.717) is 16.7 Å². The number of halogens is 1. The number of carbonyl (C=O) groups is 1. The van der Waals surface area contributed by atoms with Gasteiger partial charge in [-0.25, -0.2) is 13.9 Å². The lowest BCUT2D eigenvalue weighted by Gasteiger charge is -2.06. The van der Waals surface area contributed by atoms with Gasteiger partial charge in [0.15, 0.2) is 11.6 Å². The van der Waals surface area contributed by atoms with Crippen LogP contribution >= 0.6 is 0 Å². The average Bonchev–Trinajstić information content (AvgIpc) is 2.90. The van der Waals surface area contributed by atoms with E-state index in [4.69, 9.17) is 9.84 Å². The van der Waals surface area contributed by atoms with E-state index >= 15 is 0 Å². The SMILES string of the molecule is COc1cc(-n2nnc3ccc(C(=O)O)cc32)ccc1F. The average molecular weight is 287 g/mol. The Morgan fingerprint density at radius 1 is 1.29 bits per heavy atom. The number of benzene rings is 2. The van der Waals surface area contributed by atoms with E-state index in [2.05, 4.69) is 10.3 Å². The predicted molar refractivity (Wildman–Crippen MR) is 72.3 cm³/mol. The van der Waals surface area contributed by atoms with Crippen molar-refractivity contribution < 1.29 is 19.0 Å². The molecule has 0 unspecified atom stereocenters. The number of hydrogen-bond acceptors (Lipinski definition) is 4. The van der Waals surface area contributed by atoms with Crippen LogP contribution in [-0.2, 0) is 0 Å². The molecule has 3 aromatic rings. The maximum absolute atomic E-state index is 13.4. The van der Waals surface area contributed by atoms with Crippen LogP contribution in [0.25, 0.3) is 16.7 Å². The Labute approximate surface area is 118 Å². The van der Waals surface area contributed by atoms with Crippen LogP contribution in [0.15, 0.2) is 36.4 Å². The number of fused-ring (bicyclic) bond motifs is 1. The smallest absolute Gasteiger partial charge is 0.335 e. The van der Waals surface area contributed by atoms with Crippen LogP contribution in [-0.4, -0.2) is 33.2 Å². The molecule has 7 heteroatoms. The highest BCUT2D eigenvalue weighted by atomic mass is 19.1. The van der Waals surface area contributed by atoms with Crippen molar-refractivity contribution in [2.75, 3.05) is 7.11 Å². The largest absolute Gasteiger partial charge is 0.494 e. The summed E-state index contributed by atoms with van der Waals surface area (Å²) >= 11 is 0. The van der Waals surface area contributed by atoms with Gasteiger partial charge in [-0.2, -0.15) is 0 Å². The van der Waals surface area contributed by atoms with Crippen molar-refractivity contribution in [3.05, 3.63) is 47.8 Å². The van der Waals surface area contributed by atoms with Gasteiger partial charge in [-0.15, -0.1) is 5.10 Å². The molecule has 0 spiro atoms. The number of carboxylic acids is 1. The number of ether oxygens (including phenoxy) is 1. The molecule has 1 aromatic heterocycles. The van der Waals surface area contributed by atoms with Crippen LogP contribution in [0.1, 0.15) is 10.4 Å². The standard InChI is InChI=1S/C14H10FN3O3/c1-21-13-7-9(3-4-10(13)15)18-12-6-8(14(19)20)2-5-11(12)16-17-18/h2-7H,1H3,(H,19,20). The number of methoxy groups -OCH3 is 1. The third-order valence-corrected chi connectivity index (χ3v) is 3.07. The van der Waals surface area contributed by atoms with E-state index < -0.39 is 11.8 Å². The predicted octanol–water partition coefficient (Wildman–Crippen LogP) is 2.27. The molecule has 0 saturated heterocycles. The van der Waals surface area contributed by atoms with Gasteiger partial charge in [0.25, 0.3) is 0 Å². The monoisotopic (exact) mass is 287 g/mol. The van der Waals surface area contributed by atoms with Gasteiger partial charge in [0.05, 0.1) is 23.9 Å². The lowest BCUT2D eigenvalue weighted by molar-refractivity contribution is 0.0697. The first-order chi connectivity index (χ1) is 10.1. The molecule has 0 aliphatic heterocycles. The summed E-state index contributed by atoms with van der Waals surface area (Å²) in [5.41, 5.74) is 1.71. The molecular formula is C14H10FN3O3. The summed E-state index contributed by atoms with van der Waals surface area (Å²) in [5, 5.41) is 17.0. The van der Waals surface area contributed by atoms with Crippen molar-refractivity contribution in [2.45, 2.75) is 0 Å². The number of carboxylic acid groups (broad SMARTS) is 1. The fourth-order valence-electron chi connectivity index (χ4n) is 2.02. The van der Waals surface area contributed by atoms with Gasteiger partial charge in [0.1, 0.15) is 5.52 Å². The number of nitrogens with zero attached hydrogens (tertiary/aromatic N) is 3. The van der Waals surface area contributed by atoms with Gasteiger partial charge in [0.2, 0.25) is 0 Å². The van der Waals surface area contributed by atoms with Gasteiger partial charge < -0.3 is 9.84 Å². The molecule has 0 radical (unpaired) electrons. The molecule has 6 nitrogen and oxygen atoms in total. The van der Waals surface area contributed by atoms with E-state index in [1.165, 1.54) is 42.1 Å². The molecule has 1 heterocycles. The number of aromatic nitrogens is 3. The zero-order valence-corrected chi connectivity index (χ0v) is 10.9. The third-order valence-electron chi connectivity index (χ3n) is 3.07. The summed E-state index contributed by atoms with van der Waals surface area (Å²) in [6.07, 6.45) is 0. The number of hydrogen-bond donors (Lipinski definition) is 1. The Morgan fingerprint density at radius 2 is 2.10 bits per heavy atom. The van der Waals surface area contributed by atoms with Crippen LogP contribution in [0.5, 0.6) is 5.75 Å². The number of rotatable bonds is 3. The maximum Gasteiger partial charge on any atom is 0.335 e. The zero-order chi connectivity index (χ0) is 15.0. The molecule has 0 atom stereocenters.